The largest absolute Gasteiger partial charge is 0.507 e. The van der Waals surface area contributed by atoms with E-state index in [-0.39, 0.29) is 11.3 Å². The smallest absolute Gasteiger partial charge is 0.295 e. The monoisotopic (exact) mass is 435 g/mol. The second-order valence-electron chi connectivity index (χ2n) is 8.18. The van der Waals surface area contributed by atoms with Crippen LogP contribution in [-0.4, -0.2) is 71.0 Å². The molecule has 1 aromatic carbocycles. The summed E-state index contributed by atoms with van der Waals surface area (Å²) in [5, 5.41) is 11.2. The van der Waals surface area contributed by atoms with Crippen molar-refractivity contribution in [1.82, 2.24) is 14.8 Å². The zero-order valence-electron chi connectivity index (χ0n) is 17.7. The quantitative estimate of drug-likeness (QED) is 0.438. The number of benzene rings is 1. The Balaban J connectivity index is 1.54. The van der Waals surface area contributed by atoms with Gasteiger partial charge in [-0.2, -0.15) is 0 Å². The molecule has 0 saturated carbocycles. The minimum atomic E-state index is -0.680. The second-order valence-corrected chi connectivity index (χ2v) is 8.18. The van der Waals surface area contributed by atoms with Crippen LogP contribution in [0.4, 0.5) is 0 Å². The summed E-state index contributed by atoms with van der Waals surface area (Å²) in [5.74, 6) is -0.398. The van der Waals surface area contributed by atoms with Crippen molar-refractivity contribution in [3.63, 3.8) is 0 Å². The Labute approximate surface area is 186 Å². The third-order valence-corrected chi connectivity index (χ3v) is 6.23. The lowest BCUT2D eigenvalue weighted by Gasteiger charge is -2.27. The molecule has 1 aromatic heterocycles. The molecule has 4 heterocycles. The summed E-state index contributed by atoms with van der Waals surface area (Å²) in [7, 11) is 0. The maximum atomic E-state index is 13.1. The number of carbonyl (C=O) groups excluding carboxylic acids is 2. The first-order chi connectivity index (χ1) is 15.6. The molecule has 8 nitrogen and oxygen atoms in total. The zero-order valence-corrected chi connectivity index (χ0v) is 17.7. The summed E-state index contributed by atoms with van der Waals surface area (Å²) < 4.78 is 11.2. The molecule has 8 heteroatoms. The number of aliphatic hydroxyl groups excluding tert-OH is 1. The Morgan fingerprint density at radius 3 is 2.47 bits per heavy atom. The fourth-order valence-electron chi connectivity index (χ4n) is 4.60. The summed E-state index contributed by atoms with van der Waals surface area (Å²) in [6.45, 7) is 3.98. The van der Waals surface area contributed by atoms with Crippen LogP contribution in [0.5, 0.6) is 11.5 Å². The van der Waals surface area contributed by atoms with E-state index in [1.165, 1.54) is 0 Å². The topological polar surface area (TPSA) is 92.2 Å². The number of rotatable bonds is 5. The van der Waals surface area contributed by atoms with Gasteiger partial charge in [0.2, 0.25) is 0 Å². The van der Waals surface area contributed by atoms with E-state index in [2.05, 4.69) is 9.88 Å². The van der Waals surface area contributed by atoms with Gasteiger partial charge in [-0.1, -0.05) is 0 Å². The standard InChI is InChI=1S/C24H25N3O5/c28-22(17-3-4-18-19(15-17)32-14-13-31-18)20-21(16-5-7-25-8-6-16)27(24(30)23(20)29)12-11-26-9-1-2-10-26/h3-8,15,21,28H,1-2,9-14H2/b22-20+. The Morgan fingerprint density at radius 1 is 1.00 bits per heavy atom. The van der Waals surface area contributed by atoms with E-state index >= 15 is 0 Å². The number of aliphatic hydroxyl groups is 1. The fraction of sp³-hybridized carbons (Fsp3) is 0.375. The van der Waals surface area contributed by atoms with Gasteiger partial charge >= 0.3 is 0 Å². The van der Waals surface area contributed by atoms with Crippen LogP contribution in [0.2, 0.25) is 0 Å². The maximum Gasteiger partial charge on any atom is 0.295 e. The van der Waals surface area contributed by atoms with Crippen molar-refractivity contribution >= 4 is 17.4 Å². The Morgan fingerprint density at radius 2 is 1.72 bits per heavy atom. The first kappa shape index (κ1) is 20.5. The molecule has 166 valence electrons. The van der Waals surface area contributed by atoms with Crippen LogP contribution in [0.1, 0.15) is 30.0 Å². The number of fused-ring (bicyclic) bond motifs is 1. The molecule has 3 aliphatic heterocycles. The van der Waals surface area contributed by atoms with E-state index in [0.29, 0.717) is 43.4 Å². The molecule has 1 unspecified atom stereocenters. The third kappa shape index (κ3) is 3.71. The highest BCUT2D eigenvalue weighted by Gasteiger charge is 2.46. The van der Waals surface area contributed by atoms with Crippen LogP contribution in [0.25, 0.3) is 5.76 Å². The summed E-state index contributed by atoms with van der Waals surface area (Å²) in [6.07, 6.45) is 5.55. The molecule has 3 aliphatic rings. The zero-order chi connectivity index (χ0) is 22.1. The Bertz CT molecular complexity index is 1060. The van der Waals surface area contributed by atoms with E-state index in [1.807, 2.05) is 0 Å². The molecule has 0 aliphatic carbocycles. The van der Waals surface area contributed by atoms with Crippen LogP contribution >= 0.6 is 0 Å². The van der Waals surface area contributed by atoms with Gasteiger partial charge in [-0.25, -0.2) is 0 Å². The van der Waals surface area contributed by atoms with Gasteiger partial charge in [0.25, 0.3) is 11.7 Å². The third-order valence-electron chi connectivity index (χ3n) is 6.23. The maximum absolute atomic E-state index is 13.1. The second kappa shape index (κ2) is 8.63. The number of nitrogens with zero attached hydrogens (tertiary/aromatic N) is 3. The SMILES string of the molecule is O=C1C(=O)N(CCN2CCCC2)C(c2ccncc2)/C1=C(\O)c1ccc2c(c1)OCCO2. The average Bonchev–Trinajstić information content (AvgIpc) is 3.44. The highest BCUT2D eigenvalue weighted by Crippen LogP contribution is 2.40. The van der Waals surface area contributed by atoms with Crippen LogP contribution in [0.15, 0.2) is 48.3 Å². The molecule has 0 bridgehead atoms. The molecule has 2 aromatic rings. The van der Waals surface area contributed by atoms with Crippen LogP contribution in [0.3, 0.4) is 0 Å². The van der Waals surface area contributed by atoms with Crippen molar-refractivity contribution < 1.29 is 24.2 Å². The van der Waals surface area contributed by atoms with Gasteiger partial charge in [-0.3, -0.25) is 14.6 Å². The molecule has 1 amide bonds. The molecule has 2 fully saturated rings. The van der Waals surface area contributed by atoms with Gasteiger partial charge in [0.05, 0.1) is 11.6 Å². The Kier molecular flexibility index (Phi) is 5.53. The van der Waals surface area contributed by atoms with Crippen molar-refractivity contribution in [1.29, 1.82) is 0 Å². The highest BCUT2D eigenvalue weighted by molar-refractivity contribution is 6.46. The molecule has 2 saturated heterocycles. The van der Waals surface area contributed by atoms with Gasteiger partial charge in [-0.15, -0.1) is 0 Å². The molecule has 32 heavy (non-hydrogen) atoms. The number of ketones is 1. The van der Waals surface area contributed by atoms with Crippen LogP contribution < -0.4 is 9.47 Å². The molecular weight excluding hydrogens is 410 g/mol. The van der Waals surface area contributed by atoms with Crippen molar-refractivity contribution in [2.24, 2.45) is 0 Å². The fourth-order valence-corrected chi connectivity index (χ4v) is 4.60. The normalized spacial score (nSPS) is 22.5. The Hall–Kier alpha value is -3.39. The molecule has 1 atom stereocenters. The molecule has 5 rings (SSSR count). The van der Waals surface area contributed by atoms with E-state index in [9.17, 15) is 14.7 Å². The number of hydrogen-bond acceptors (Lipinski definition) is 7. The molecular formula is C24H25N3O5. The van der Waals surface area contributed by atoms with Gasteiger partial charge in [0.1, 0.15) is 19.0 Å². The summed E-state index contributed by atoms with van der Waals surface area (Å²) >= 11 is 0. The minimum Gasteiger partial charge on any atom is -0.507 e. The van der Waals surface area contributed by atoms with Crippen molar-refractivity contribution in [3.05, 3.63) is 59.4 Å². The summed E-state index contributed by atoms with van der Waals surface area (Å²) in [4.78, 5) is 34.1. The van der Waals surface area contributed by atoms with Crippen LogP contribution in [-0.2, 0) is 9.59 Å². The van der Waals surface area contributed by atoms with Crippen molar-refractivity contribution in [3.8, 4) is 11.5 Å². The van der Waals surface area contributed by atoms with E-state index in [0.717, 1.165) is 31.5 Å². The molecule has 0 radical (unpaired) electrons. The van der Waals surface area contributed by atoms with Gasteiger partial charge in [0.15, 0.2) is 11.5 Å². The van der Waals surface area contributed by atoms with E-state index in [1.54, 1.807) is 47.6 Å². The summed E-state index contributed by atoms with van der Waals surface area (Å²) in [5.41, 5.74) is 1.23. The number of pyridine rings is 1. The lowest BCUT2D eigenvalue weighted by atomic mass is 9.96. The van der Waals surface area contributed by atoms with Crippen molar-refractivity contribution in [2.75, 3.05) is 39.4 Å². The number of amides is 1. The lowest BCUT2D eigenvalue weighted by Crippen LogP contribution is -2.37. The van der Waals surface area contributed by atoms with Gasteiger partial charge < -0.3 is 24.4 Å². The van der Waals surface area contributed by atoms with Crippen molar-refractivity contribution in [2.45, 2.75) is 18.9 Å². The number of hydrogen-bond donors (Lipinski definition) is 1. The molecule has 0 spiro atoms. The number of aromatic nitrogens is 1. The lowest BCUT2D eigenvalue weighted by molar-refractivity contribution is -0.140. The average molecular weight is 435 g/mol. The minimum absolute atomic E-state index is 0.0827. The highest BCUT2D eigenvalue weighted by atomic mass is 16.6. The first-order valence-electron chi connectivity index (χ1n) is 10.9. The summed E-state index contributed by atoms with van der Waals surface area (Å²) in [6, 6.07) is 7.89. The van der Waals surface area contributed by atoms with E-state index < -0.39 is 17.7 Å². The number of ether oxygens (including phenoxy) is 2. The number of likely N-dealkylation sites (tertiary alicyclic amines) is 2. The van der Waals surface area contributed by atoms with Crippen LogP contribution in [0, 0.1) is 0 Å². The van der Waals surface area contributed by atoms with Gasteiger partial charge in [0, 0.05) is 31.0 Å². The predicted molar refractivity (Wildman–Crippen MR) is 116 cm³/mol. The number of Topliss-reactive ketones (excluding diaryl/α,β-unsaturated/α-hetero) is 1. The predicted octanol–water partition coefficient (Wildman–Crippen LogP) is 2.37. The molecule has 1 N–H and O–H groups in total. The number of carbonyl (C=O) groups is 2. The van der Waals surface area contributed by atoms with Gasteiger partial charge in [-0.05, 0) is 61.8 Å². The first-order valence-corrected chi connectivity index (χ1v) is 10.9. The van der Waals surface area contributed by atoms with E-state index in [4.69, 9.17) is 9.47 Å².